The smallest absolute Gasteiger partial charge is 0.133 e. The van der Waals surface area contributed by atoms with Gasteiger partial charge in [0.2, 0.25) is 0 Å². The summed E-state index contributed by atoms with van der Waals surface area (Å²) in [6.07, 6.45) is 2.61. The summed E-state index contributed by atoms with van der Waals surface area (Å²) >= 11 is 3.19. The maximum atomic E-state index is 13.4. The molecule has 0 aliphatic heterocycles. The Morgan fingerprint density at radius 3 is 2.79 bits per heavy atom. The average molecular weight is 258 g/mol. The summed E-state index contributed by atoms with van der Waals surface area (Å²) in [4.78, 5) is 0. The first-order valence-electron chi connectivity index (χ1n) is 4.68. The van der Waals surface area contributed by atoms with Gasteiger partial charge in [-0.25, -0.2) is 4.39 Å². The van der Waals surface area contributed by atoms with Gasteiger partial charge in [-0.1, -0.05) is 29.3 Å². The second-order valence-corrected chi connectivity index (χ2v) is 4.12. The van der Waals surface area contributed by atoms with E-state index in [4.69, 9.17) is 5.41 Å². The molecule has 0 amide bonds. The summed E-state index contributed by atoms with van der Waals surface area (Å²) in [6, 6.07) is 4.81. The topological polar surface area (TPSA) is 23.9 Å². The number of hydrogen-bond acceptors (Lipinski definition) is 1. The predicted molar refractivity (Wildman–Crippen MR) is 60.5 cm³/mol. The Bertz CT molecular complexity index is 336. The second kappa shape index (κ2) is 5.25. The normalized spacial score (nSPS) is 10.2. The molecular formula is C11H13BrFN. The van der Waals surface area contributed by atoms with Crippen LogP contribution in [0, 0.1) is 11.2 Å². The molecule has 0 aromatic heterocycles. The van der Waals surface area contributed by atoms with Crippen molar-refractivity contribution in [2.24, 2.45) is 0 Å². The Kier molecular flexibility index (Phi) is 4.26. The molecule has 0 saturated carbocycles. The first kappa shape index (κ1) is 11.4. The minimum Gasteiger partial charge on any atom is -0.305 e. The van der Waals surface area contributed by atoms with Gasteiger partial charge in [-0.2, -0.15) is 0 Å². The van der Waals surface area contributed by atoms with Crippen molar-refractivity contribution in [1.82, 2.24) is 0 Å². The minimum atomic E-state index is -0.319. The number of benzene rings is 1. The quantitative estimate of drug-likeness (QED) is 0.784. The first-order valence-corrected chi connectivity index (χ1v) is 5.47. The molecule has 0 atom stereocenters. The van der Waals surface area contributed by atoms with Crippen LogP contribution in [0.3, 0.4) is 0 Å². The molecular weight excluding hydrogens is 245 g/mol. The van der Waals surface area contributed by atoms with Gasteiger partial charge in [-0.05, 0) is 31.0 Å². The lowest BCUT2D eigenvalue weighted by Crippen LogP contribution is -2.01. The van der Waals surface area contributed by atoms with Crippen LogP contribution in [0.5, 0.6) is 0 Å². The van der Waals surface area contributed by atoms with Crippen LogP contribution in [0.25, 0.3) is 0 Å². The van der Waals surface area contributed by atoms with Crippen LogP contribution in [0.4, 0.5) is 4.39 Å². The number of rotatable bonds is 4. The van der Waals surface area contributed by atoms with Crippen molar-refractivity contribution in [3.63, 3.8) is 0 Å². The molecule has 0 unspecified atom stereocenters. The summed E-state index contributed by atoms with van der Waals surface area (Å²) in [5, 5.41) is 7.69. The molecule has 1 nitrogen and oxygen atoms in total. The first-order chi connectivity index (χ1) is 6.65. The molecule has 1 aromatic rings. The molecule has 76 valence electrons. The molecule has 1 rings (SSSR count). The van der Waals surface area contributed by atoms with E-state index in [9.17, 15) is 4.39 Å². The molecule has 0 aliphatic carbocycles. The molecule has 1 N–H and O–H groups in total. The summed E-state index contributed by atoms with van der Waals surface area (Å²) < 4.78 is 14.1. The van der Waals surface area contributed by atoms with E-state index in [0.29, 0.717) is 22.2 Å². The van der Waals surface area contributed by atoms with Crippen LogP contribution >= 0.6 is 15.9 Å². The van der Waals surface area contributed by atoms with E-state index >= 15 is 0 Å². The lowest BCUT2D eigenvalue weighted by molar-refractivity contribution is 0.623. The number of unbranched alkanes of at least 4 members (excludes halogenated alkanes) is 1. The molecule has 0 saturated heterocycles. The van der Waals surface area contributed by atoms with Crippen molar-refractivity contribution < 1.29 is 4.39 Å². The monoisotopic (exact) mass is 257 g/mol. The fraction of sp³-hybridized carbons (Fsp3) is 0.364. The van der Waals surface area contributed by atoms with Crippen molar-refractivity contribution in [3.8, 4) is 0 Å². The zero-order chi connectivity index (χ0) is 10.6. The van der Waals surface area contributed by atoms with Gasteiger partial charge in [-0.3, -0.25) is 0 Å². The highest BCUT2D eigenvalue weighted by Crippen LogP contribution is 2.17. The molecule has 0 radical (unpaired) electrons. The third-order valence-corrected chi connectivity index (χ3v) is 2.53. The summed E-state index contributed by atoms with van der Waals surface area (Å²) in [7, 11) is 0. The van der Waals surface area contributed by atoms with Crippen LogP contribution < -0.4 is 0 Å². The zero-order valence-corrected chi connectivity index (χ0v) is 9.70. The van der Waals surface area contributed by atoms with E-state index in [1.54, 1.807) is 12.1 Å². The molecule has 0 spiro atoms. The SMILES string of the molecule is CCCCC(=N)c1ccc(Br)cc1F. The van der Waals surface area contributed by atoms with Crippen molar-refractivity contribution in [3.05, 3.63) is 34.1 Å². The fourth-order valence-corrected chi connectivity index (χ4v) is 1.56. The van der Waals surface area contributed by atoms with Gasteiger partial charge in [0.15, 0.2) is 0 Å². The van der Waals surface area contributed by atoms with E-state index < -0.39 is 0 Å². The predicted octanol–water partition coefficient (Wildman–Crippen LogP) is 4.15. The van der Waals surface area contributed by atoms with Gasteiger partial charge in [0, 0.05) is 15.7 Å². The van der Waals surface area contributed by atoms with E-state index in [1.807, 2.05) is 0 Å². The second-order valence-electron chi connectivity index (χ2n) is 3.21. The summed E-state index contributed by atoms with van der Waals surface area (Å²) in [5.41, 5.74) is 0.804. The molecule has 3 heteroatoms. The van der Waals surface area contributed by atoms with Crippen molar-refractivity contribution in [1.29, 1.82) is 5.41 Å². The maximum Gasteiger partial charge on any atom is 0.133 e. The van der Waals surface area contributed by atoms with Gasteiger partial charge in [0.1, 0.15) is 5.82 Å². The highest BCUT2D eigenvalue weighted by atomic mass is 79.9. The molecule has 14 heavy (non-hydrogen) atoms. The van der Waals surface area contributed by atoms with E-state index in [1.165, 1.54) is 6.07 Å². The molecule has 0 bridgehead atoms. The molecule has 0 aliphatic rings. The standard InChI is InChI=1S/C11H13BrFN/c1-2-3-4-11(14)9-6-5-8(12)7-10(9)13/h5-7,14H,2-4H2,1H3. The summed E-state index contributed by atoms with van der Waals surface area (Å²) in [6.45, 7) is 2.06. The van der Waals surface area contributed by atoms with Gasteiger partial charge in [-0.15, -0.1) is 0 Å². The number of nitrogens with one attached hydrogen (secondary N) is 1. The van der Waals surface area contributed by atoms with Crippen molar-refractivity contribution >= 4 is 21.6 Å². The fourth-order valence-electron chi connectivity index (χ4n) is 1.22. The minimum absolute atomic E-state index is 0.319. The Morgan fingerprint density at radius 2 is 2.21 bits per heavy atom. The van der Waals surface area contributed by atoms with Gasteiger partial charge in [0.05, 0.1) is 0 Å². The van der Waals surface area contributed by atoms with E-state index in [0.717, 1.165) is 12.8 Å². The lowest BCUT2D eigenvalue weighted by atomic mass is 10.0. The Hall–Kier alpha value is -0.700. The van der Waals surface area contributed by atoms with Crippen LogP contribution in [-0.4, -0.2) is 5.71 Å². The third kappa shape index (κ3) is 2.91. The van der Waals surface area contributed by atoms with Crippen LogP contribution in [0.15, 0.2) is 22.7 Å². The van der Waals surface area contributed by atoms with Crippen molar-refractivity contribution in [2.75, 3.05) is 0 Å². The zero-order valence-electron chi connectivity index (χ0n) is 8.11. The molecule has 1 aromatic carbocycles. The van der Waals surface area contributed by atoms with Crippen molar-refractivity contribution in [2.45, 2.75) is 26.2 Å². The van der Waals surface area contributed by atoms with Crippen LogP contribution in [0.2, 0.25) is 0 Å². The van der Waals surface area contributed by atoms with Gasteiger partial charge < -0.3 is 5.41 Å². The number of hydrogen-bond donors (Lipinski definition) is 1. The summed E-state index contributed by atoms with van der Waals surface area (Å²) in [5.74, 6) is -0.319. The Balaban J connectivity index is 2.80. The number of halogens is 2. The Morgan fingerprint density at radius 1 is 1.50 bits per heavy atom. The van der Waals surface area contributed by atoms with Crippen LogP contribution in [0.1, 0.15) is 31.7 Å². The Labute approximate surface area is 92.0 Å². The van der Waals surface area contributed by atoms with Crippen LogP contribution in [-0.2, 0) is 0 Å². The van der Waals surface area contributed by atoms with E-state index in [-0.39, 0.29) is 5.82 Å². The molecule has 0 fully saturated rings. The van der Waals surface area contributed by atoms with Gasteiger partial charge in [0.25, 0.3) is 0 Å². The average Bonchev–Trinajstić information content (AvgIpc) is 2.14. The molecule has 0 heterocycles. The highest BCUT2D eigenvalue weighted by molar-refractivity contribution is 9.10. The largest absolute Gasteiger partial charge is 0.305 e. The maximum absolute atomic E-state index is 13.4. The lowest BCUT2D eigenvalue weighted by Gasteiger charge is -2.04. The van der Waals surface area contributed by atoms with E-state index in [2.05, 4.69) is 22.9 Å². The highest BCUT2D eigenvalue weighted by Gasteiger charge is 2.07. The third-order valence-electron chi connectivity index (χ3n) is 2.04. The van der Waals surface area contributed by atoms with Gasteiger partial charge >= 0.3 is 0 Å².